The van der Waals surface area contributed by atoms with Crippen LogP contribution in [0.5, 0.6) is 6.01 Å². The molecule has 1 N–H and O–H groups in total. The number of nitrogens with one attached hydrogen (secondary N) is 1. The molecule has 0 amide bonds. The van der Waals surface area contributed by atoms with Crippen molar-refractivity contribution in [2.45, 2.75) is 19.9 Å². The van der Waals surface area contributed by atoms with Gasteiger partial charge in [-0.1, -0.05) is 0 Å². The third-order valence-corrected chi connectivity index (χ3v) is 2.63. The van der Waals surface area contributed by atoms with Gasteiger partial charge < -0.3 is 14.6 Å². The number of rotatable bonds is 4. The van der Waals surface area contributed by atoms with Crippen molar-refractivity contribution in [3.8, 4) is 6.01 Å². The van der Waals surface area contributed by atoms with E-state index in [2.05, 4.69) is 17.2 Å². The van der Waals surface area contributed by atoms with Crippen LogP contribution in [0.25, 0.3) is 0 Å². The summed E-state index contributed by atoms with van der Waals surface area (Å²) in [6.45, 7) is 5.98. The van der Waals surface area contributed by atoms with E-state index in [0.29, 0.717) is 5.92 Å². The van der Waals surface area contributed by atoms with Crippen molar-refractivity contribution >= 4 is 0 Å². The van der Waals surface area contributed by atoms with E-state index in [0.717, 1.165) is 32.3 Å². The van der Waals surface area contributed by atoms with Crippen LogP contribution >= 0.6 is 0 Å². The van der Waals surface area contributed by atoms with Gasteiger partial charge in [0.1, 0.15) is 0 Å². The second-order valence-electron chi connectivity index (χ2n) is 3.67. The molecule has 0 bridgehead atoms. The van der Waals surface area contributed by atoms with Gasteiger partial charge in [0.15, 0.2) is 0 Å². The van der Waals surface area contributed by atoms with Gasteiger partial charge in [-0.2, -0.15) is 0 Å². The highest BCUT2D eigenvalue weighted by molar-refractivity contribution is 4.98. The van der Waals surface area contributed by atoms with Crippen molar-refractivity contribution in [1.29, 1.82) is 0 Å². The first-order valence-electron chi connectivity index (χ1n) is 5.24. The van der Waals surface area contributed by atoms with Gasteiger partial charge in [0.05, 0.1) is 6.61 Å². The van der Waals surface area contributed by atoms with Crippen LogP contribution in [0.2, 0.25) is 0 Å². The van der Waals surface area contributed by atoms with Gasteiger partial charge in [-0.25, -0.2) is 4.98 Å². The molecule has 1 saturated heterocycles. The first kappa shape index (κ1) is 9.52. The average molecular weight is 195 g/mol. The minimum absolute atomic E-state index is 0.650. The molecule has 1 aliphatic heterocycles. The van der Waals surface area contributed by atoms with E-state index >= 15 is 0 Å². The molecular formula is C10H17N3O. The molecule has 0 saturated carbocycles. The Kier molecular flexibility index (Phi) is 3.03. The van der Waals surface area contributed by atoms with E-state index < -0.39 is 0 Å². The molecule has 4 nitrogen and oxygen atoms in total. The molecule has 1 aromatic rings. The molecule has 0 radical (unpaired) electrons. The minimum Gasteiger partial charge on any atom is -0.464 e. The molecule has 1 aromatic heterocycles. The molecule has 78 valence electrons. The molecular weight excluding hydrogens is 178 g/mol. The first-order valence-corrected chi connectivity index (χ1v) is 5.24. The van der Waals surface area contributed by atoms with E-state index in [1.165, 1.54) is 6.42 Å². The zero-order valence-corrected chi connectivity index (χ0v) is 8.57. The van der Waals surface area contributed by atoms with Gasteiger partial charge >= 0.3 is 0 Å². The largest absolute Gasteiger partial charge is 0.464 e. The topological polar surface area (TPSA) is 39.1 Å². The Morgan fingerprint density at radius 3 is 3.36 bits per heavy atom. The Balaban J connectivity index is 1.84. The standard InChI is InChI=1S/C10H17N3O/c1-2-13-6-5-12-10(13)14-8-9-3-4-11-7-9/h5-6,9,11H,2-4,7-8H2,1H3. The van der Waals surface area contributed by atoms with Crippen LogP contribution in [-0.4, -0.2) is 29.2 Å². The number of hydrogen-bond acceptors (Lipinski definition) is 3. The predicted octanol–water partition coefficient (Wildman–Crippen LogP) is 0.891. The van der Waals surface area contributed by atoms with E-state index in [-0.39, 0.29) is 0 Å². The highest BCUT2D eigenvalue weighted by Crippen LogP contribution is 2.12. The summed E-state index contributed by atoms with van der Waals surface area (Å²) in [5, 5.41) is 3.32. The van der Waals surface area contributed by atoms with Gasteiger partial charge in [0, 0.05) is 31.4 Å². The van der Waals surface area contributed by atoms with E-state index in [9.17, 15) is 0 Å². The van der Waals surface area contributed by atoms with Gasteiger partial charge in [-0.05, 0) is 19.9 Å². The van der Waals surface area contributed by atoms with Crippen LogP contribution in [0, 0.1) is 5.92 Å². The minimum atomic E-state index is 0.650. The van der Waals surface area contributed by atoms with Crippen LogP contribution in [0.3, 0.4) is 0 Å². The van der Waals surface area contributed by atoms with Crippen LogP contribution in [0.4, 0.5) is 0 Å². The lowest BCUT2D eigenvalue weighted by Gasteiger charge is -2.10. The van der Waals surface area contributed by atoms with Crippen LogP contribution < -0.4 is 10.1 Å². The highest BCUT2D eigenvalue weighted by Gasteiger charge is 2.15. The summed E-state index contributed by atoms with van der Waals surface area (Å²) in [4.78, 5) is 4.17. The molecule has 2 heterocycles. The van der Waals surface area contributed by atoms with Gasteiger partial charge in [-0.3, -0.25) is 0 Å². The van der Waals surface area contributed by atoms with Crippen molar-refractivity contribution in [1.82, 2.24) is 14.9 Å². The Labute approximate surface area is 84.3 Å². The van der Waals surface area contributed by atoms with Crippen LogP contribution in [0.1, 0.15) is 13.3 Å². The van der Waals surface area contributed by atoms with Gasteiger partial charge in [0.2, 0.25) is 0 Å². The number of imidazole rings is 1. The lowest BCUT2D eigenvalue weighted by Crippen LogP contribution is -2.16. The smallest absolute Gasteiger partial charge is 0.296 e. The van der Waals surface area contributed by atoms with Crippen molar-refractivity contribution in [3.05, 3.63) is 12.4 Å². The molecule has 14 heavy (non-hydrogen) atoms. The van der Waals surface area contributed by atoms with Crippen molar-refractivity contribution in [2.24, 2.45) is 5.92 Å². The summed E-state index contributed by atoms with van der Waals surface area (Å²) < 4.78 is 7.68. The number of hydrogen-bond donors (Lipinski definition) is 1. The maximum absolute atomic E-state index is 5.66. The number of aryl methyl sites for hydroxylation is 1. The monoisotopic (exact) mass is 195 g/mol. The lowest BCUT2D eigenvalue weighted by atomic mass is 10.1. The zero-order valence-electron chi connectivity index (χ0n) is 8.57. The average Bonchev–Trinajstić information content (AvgIpc) is 2.85. The number of nitrogens with zero attached hydrogens (tertiary/aromatic N) is 2. The van der Waals surface area contributed by atoms with E-state index in [1.54, 1.807) is 6.20 Å². The summed E-state index contributed by atoms with van der Waals surface area (Å²) >= 11 is 0. The van der Waals surface area contributed by atoms with Crippen LogP contribution in [0.15, 0.2) is 12.4 Å². The molecule has 1 aliphatic rings. The predicted molar refractivity (Wildman–Crippen MR) is 54.4 cm³/mol. The van der Waals surface area contributed by atoms with Gasteiger partial charge in [0.25, 0.3) is 6.01 Å². The molecule has 1 atom stereocenters. The fourth-order valence-corrected chi connectivity index (χ4v) is 1.73. The Morgan fingerprint density at radius 1 is 1.71 bits per heavy atom. The normalized spacial score (nSPS) is 21.4. The molecule has 1 unspecified atom stereocenters. The number of aromatic nitrogens is 2. The Morgan fingerprint density at radius 2 is 2.64 bits per heavy atom. The maximum atomic E-state index is 5.66. The second kappa shape index (κ2) is 4.46. The molecule has 4 heteroatoms. The second-order valence-corrected chi connectivity index (χ2v) is 3.67. The SMILES string of the molecule is CCn1ccnc1OCC1CCNC1. The third kappa shape index (κ3) is 2.07. The molecule has 1 fully saturated rings. The third-order valence-electron chi connectivity index (χ3n) is 2.63. The highest BCUT2D eigenvalue weighted by atomic mass is 16.5. The lowest BCUT2D eigenvalue weighted by molar-refractivity contribution is 0.232. The molecule has 0 aliphatic carbocycles. The van der Waals surface area contributed by atoms with E-state index in [1.807, 2.05) is 10.8 Å². The fraction of sp³-hybridized carbons (Fsp3) is 0.700. The summed E-state index contributed by atoms with van der Waals surface area (Å²) in [6, 6.07) is 0.749. The van der Waals surface area contributed by atoms with Crippen LogP contribution in [-0.2, 0) is 6.54 Å². The first-order chi connectivity index (χ1) is 6.90. The Bertz CT molecular complexity index is 279. The Hall–Kier alpha value is -1.03. The maximum Gasteiger partial charge on any atom is 0.296 e. The molecule has 2 rings (SSSR count). The molecule has 0 spiro atoms. The molecule has 0 aromatic carbocycles. The summed E-state index contributed by atoms with van der Waals surface area (Å²) in [6.07, 6.45) is 4.95. The van der Waals surface area contributed by atoms with Crippen molar-refractivity contribution < 1.29 is 4.74 Å². The quantitative estimate of drug-likeness (QED) is 0.775. The van der Waals surface area contributed by atoms with Crippen molar-refractivity contribution in [3.63, 3.8) is 0 Å². The summed E-state index contributed by atoms with van der Waals surface area (Å²) in [7, 11) is 0. The van der Waals surface area contributed by atoms with E-state index in [4.69, 9.17) is 4.74 Å². The zero-order chi connectivity index (χ0) is 9.80. The van der Waals surface area contributed by atoms with Gasteiger partial charge in [-0.15, -0.1) is 0 Å². The fourth-order valence-electron chi connectivity index (χ4n) is 1.73. The number of ether oxygens (including phenoxy) is 1. The van der Waals surface area contributed by atoms with Crippen molar-refractivity contribution in [2.75, 3.05) is 19.7 Å². The summed E-state index contributed by atoms with van der Waals surface area (Å²) in [5.74, 6) is 0.650. The summed E-state index contributed by atoms with van der Waals surface area (Å²) in [5.41, 5.74) is 0.